The molecular formula is C18H27N2OSi+. The predicted molar refractivity (Wildman–Crippen MR) is 95.2 cm³/mol. The first-order valence-corrected chi connectivity index (χ1v) is 10.6. The number of hydrogen-bond acceptors (Lipinski definition) is 2. The van der Waals surface area contributed by atoms with Crippen molar-refractivity contribution in [2.45, 2.75) is 38.9 Å². The Labute approximate surface area is 135 Å². The quantitative estimate of drug-likeness (QED) is 0.657. The van der Waals surface area contributed by atoms with E-state index in [0.717, 1.165) is 17.1 Å². The van der Waals surface area contributed by atoms with Crippen LogP contribution in [0.4, 0.5) is 11.4 Å². The van der Waals surface area contributed by atoms with Crippen LogP contribution in [0.5, 0.6) is 5.75 Å². The van der Waals surface area contributed by atoms with Crippen molar-refractivity contribution in [3.8, 4) is 5.75 Å². The second kappa shape index (κ2) is 6.13. The van der Waals surface area contributed by atoms with E-state index in [4.69, 9.17) is 4.43 Å². The summed E-state index contributed by atoms with van der Waals surface area (Å²) >= 11 is 0. The van der Waals surface area contributed by atoms with Crippen molar-refractivity contribution in [1.29, 1.82) is 0 Å². The molecule has 0 saturated carbocycles. The zero-order chi connectivity index (χ0) is 16.4. The lowest BCUT2D eigenvalue weighted by atomic mass is 10.2. The maximum atomic E-state index is 6.29. The first-order valence-electron chi connectivity index (χ1n) is 7.69. The lowest BCUT2D eigenvalue weighted by Crippen LogP contribution is -2.43. The fraction of sp³-hybridized carbons (Fsp3) is 0.389. The van der Waals surface area contributed by atoms with Crippen LogP contribution in [0.25, 0.3) is 0 Å². The third kappa shape index (κ3) is 4.10. The maximum absolute atomic E-state index is 6.29. The Morgan fingerprint density at radius 3 is 1.91 bits per heavy atom. The number of pyridine rings is 1. The van der Waals surface area contributed by atoms with Gasteiger partial charge in [-0.25, -0.2) is 4.57 Å². The number of rotatable bonds is 4. The van der Waals surface area contributed by atoms with Crippen molar-refractivity contribution in [1.82, 2.24) is 0 Å². The van der Waals surface area contributed by atoms with Crippen LogP contribution in [-0.4, -0.2) is 8.32 Å². The zero-order valence-corrected chi connectivity index (χ0v) is 15.5. The molecule has 118 valence electrons. The normalized spacial score (nSPS) is 12.1. The molecule has 0 atom stereocenters. The van der Waals surface area contributed by atoms with Gasteiger partial charge in [0.25, 0.3) is 0 Å². The Morgan fingerprint density at radius 2 is 1.41 bits per heavy atom. The molecule has 0 spiro atoms. The van der Waals surface area contributed by atoms with Crippen molar-refractivity contribution in [3.63, 3.8) is 0 Å². The number of aryl methyl sites for hydroxylation is 1. The smallest absolute Gasteiger partial charge is 0.250 e. The molecule has 0 aliphatic carbocycles. The van der Waals surface area contributed by atoms with E-state index in [1.165, 1.54) is 0 Å². The summed E-state index contributed by atoms with van der Waals surface area (Å²) in [6.45, 7) is 11.3. The number of hydrogen-bond donors (Lipinski definition) is 1. The highest BCUT2D eigenvalue weighted by Gasteiger charge is 2.38. The van der Waals surface area contributed by atoms with E-state index < -0.39 is 8.32 Å². The van der Waals surface area contributed by atoms with Crippen molar-refractivity contribution < 1.29 is 8.99 Å². The highest BCUT2D eigenvalue weighted by Crippen LogP contribution is 2.37. The molecule has 2 aromatic rings. The van der Waals surface area contributed by atoms with Crippen LogP contribution in [-0.2, 0) is 7.05 Å². The lowest BCUT2D eigenvalue weighted by molar-refractivity contribution is -0.671. The van der Waals surface area contributed by atoms with Gasteiger partial charge < -0.3 is 9.74 Å². The molecule has 1 aromatic carbocycles. The van der Waals surface area contributed by atoms with E-state index in [9.17, 15) is 0 Å². The first kappa shape index (κ1) is 16.6. The molecule has 0 radical (unpaired) electrons. The van der Waals surface area contributed by atoms with Gasteiger partial charge in [0.1, 0.15) is 12.8 Å². The molecule has 0 amide bonds. The van der Waals surface area contributed by atoms with Gasteiger partial charge in [0.2, 0.25) is 8.32 Å². The molecule has 0 bridgehead atoms. The monoisotopic (exact) mass is 315 g/mol. The minimum Gasteiger partial charge on any atom is -0.544 e. The predicted octanol–water partition coefficient (Wildman–Crippen LogP) is 4.64. The molecule has 0 aliphatic rings. The van der Waals surface area contributed by atoms with Gasteiger partial charge in [0.05, 0.1) is 5.69 Å². The van der Waals surface area contributed by atoms with Crippen LogP contribution in [0, 0.1) is 0 Å². The van der Waals surface area contributed by atoms with Crippen LogP contribution >= 0.6 is 0 Å². The van der Waals surface area contributed by atoms with Crippen molar-refractivity contribution in [2.75, 3.05) is 5.32 Å². The van der Waals surface area contributed by atoms with E-state index in [0.29, 0.717) is 0 Å². The van der Waals surface area contributed by atoms with Gasteiger partial charge in [-0.2, -0.15) is 0 Å². The Bertz CT molecular complexity index is 613. The Morgan fingerprint density at radius 1 is 0.909 bits per heavy atom. The van der Waals surface area contributed by atoms with Gasteiger partial charge in [-0.15, -0.1) is 0 Å². The third-order valence-electron chi connectivity index (χ3n) is 4.30. The zero-order valence-electron chi connectivity index (χ0n) is 14.5. The van der Waals surface area contributed by atoms with Gasteiger partial charge in [0.15, 0.2) is 12.4 Å². The summed E-state index contributed by atoms with van der Waals surface area (Å²) in [6, 6.07) is 12.3. The molecule has 3 nitrogen and oxygen atoms in total. The summed E-state index contributed by atoms with van der Waals surface area (Å²) in [5.74, 6) is 0.955. The highest BCUT2D eigenvalue weighted by atomic mass is 28.4. The van der Waals surface area contributed by atoms with Crippen LogP contribution in [0.15, 0.2) is 48.8 Å². The summed E-state index contributed by atoms with van der Waals surface area (Å²) in [4.78, 5) is 0. The molecule has 0 aliphatic heterocycles. The van der Waals surface area contributed by atoms with Crippen LogP contribution < -0.4 is 14.3 Å². The first-order chi connectivity index (χ1) is 10.2. The van der Waals surface area contributed by atoms with Crippen LogP contribution in [0.3, 0.4) is 0 Å². The topological polar surface area (TPSA) is 25.1 Å². The molecule has 0 saturated heterocycles. The lowest BCUT2D eigenvalue weighted by Gasteiger charge is -2.36. The molecule has 1 heterocycles. The largest absolute Gasteiger partial charge is 0.544 e. The van der Waals surface area contributed by atoms with Crippen molar-refractivity contribution in [2.24, 2.45) is 7.05 Å². The van der Waals surface area contributed by atoms with E-state index in [-0.39, 0.29) is 5.04 Å². The second-order valence-corrected chi connectivity index (χ2v) is 12.0. The van der Waals surface area contributed by atoms with Gasteiger partial charge in [-0.1, -0.05) is 20.8 Å². The molecule has 22 heavy (non-hydrogen) atoms. The standard InChI is InChI=1S/C18H26N2OSi/c1-18(2,3)22(5,6)21-17-9-7-15(8-10-17)19-16-11-13-20(4)14-12-16/h7-14H,1-6H3/p+1. The Kier molecular flexibility index (Phi) is 4.61. The van der Waals surface area contributed by atoms with Gasteiger partial charge in [-0.05, 0) is 42.4 Å². The SMILES string of the molecule is C[n+]1ccc(Nc2ccc(O[Si](C)(C)C(C)(C)C)cc2)cc1. The summed E-state index contributed by atoms with van der Waals surface area (Å²) in [6.07, 6.45) is 4.05. The summed E-state index contributed by atoms with van der Waals surface area (Å²) in [5, 5.41) is 3.61. The third-order valence-corrected chi connectivity index (χ3v) is 8.66. The molecule has 0 fully saturated rings. The minimum absolute atomic E-state index is 0.212. The molecule has 2 rings (SSSR count). The van der Waals surface area contributed by atoms with E-state index in [1.807, 2.05) is 36.1 Å². The molecule has 4 heteroatoms. The summed E-state index contributed by atoms with van der Waals surface area (Å²) in [5.41, 5.74) is 2.15. The van der Waals surface area contributed by atoms with Crippen LogP contribution in [0.1, 0.15) is 20.8 Å². The van der Waals surface area contributed by atoms with Gasteiger partial charge >= 0.3 is 0 Å². The highest BCUT2D eigenvalue weighted by molar-refractivity contribution is 6.74. The van der Waals surface area contributed by atoms with Crippen LogP contribution in [0.2, 0.25) is 18.1 Å². The van der Waals surface area contributed by atoms with E-state index >= 15 is 0 Å². The maximum Gasteiger partial charge on any atom is 0.250 e. The minimum atomic E-state index is -1.77. The summed E-state index contributed by atoms with van der Waals surface area (Å²) < 4.78 is 8.31. The fourth-order valence-corrected chi connectivity index (χ4v) is 2.84. The van der Waals surface area contributed by atoms with Crippen molar-refractivity contribution in [3.05, 3.63) is 48.8 Å². The molecule has 1 N–H and O–H groups in total. The Hall–Kier alpha value is -1.81. The van der Waals surface area contributed by atoms with Crippen molar-refractivity contribution >= 4 is 19.7 Å². The number of nitrogens with one attached hydrogen (secondary N) is 1. The molecular weight excluding hydrogens is 288 g/mol. The number of benzene rings is 1. The van der Waals surface area contributed by atoms with Gasteiger partial charge in [0, 0.05) is 17.8 Å². The van der Waals surface area contributed by atoms with E-state index in [1.54, 1.807) is 0 Å². The summed E-state index contributed by atoms with van der Waals surface area (Å²) in [7, 11) is 0.244. The van der Waals surface area contributed by atoms with E-state index in [2.05, 4.69) is 63.4 Å². The average Bonchev–Trinajstić information content (AvgIpc) is 2.42. The van der Waals surface area contributed by atoms with Gasteiger partial charge in [-0.3, -0.25) is 0 Å². The Balaban J connectivity index is 2.06. The second-order valence-electron chi connectivity index (χ2n) is 7.26. The molecule has 0 unspecified atom stereocenters. The molecule has 1 aromatic heterocycles. The number of nitrogens with zero attached hydrogens (tertiary/aromatic N) is 1. The number of anilines is 2. The average molecular weight is 316 g/mol. The fourth-order valence-electron chi connectivity index (χ4n) is 1.81. The number of aromatic nitrogens is 1.